The van der Waals surface area contributed by atoms with E-state index in [1.54, 1.807) is 4.90 Å². The van der Waals surface area contributed by atoms with Gasteiger partial charge in [-0.15, -0.1) is 0 Å². The number of carbonyl (C=O) groups is 2. The SMILES string of the molecule is C[C@@H]1CN(C(=O)c2ccccc2)C[C@@H]1NC(=O)OC(C)(C)C. The maximum atomic E-state index is 12.4. The van der Waals surface area contributed by atoms with Gasteiger partial charge in [0.25, 0.3) is 5.91 Å². The Balaban J connectivity index is 1.95. The topological polar surface area (TPSA) is 58.6 Å². The molecule has 0 bridgehead atoms. The quantitative estimate of drug-likeness (QED) is 0.914. The molecular weight excluding hydrogens is 280 g/mol. The van der Waals surface area contributed by atoms with Crippen molar-refractivity contribution in [1.29, 1.82) is 0 Å². The predicted octanol–water partition coefficient (Wildman–Crippen LogP) is 2.67. The van der Waals surface area contributed by atoms with Crippen molar-refractivity contribution in [1.82, 2.24) is 10.2 Å². The number of rotatable bonds is 2. The summed E-state index contributed by atoms with van der Waals surface area (Å²) in [5.41, 5.74) is 0.151. The first-order valence-corrected chi connectivity index (χ1v) is 7.60. The summed E-state index contributed by atoms with van der Waals surface area (Å²) in [6.07, 6.45) is -0.432. The Morgan fingerprint density at radius 1 is 1.18 bits per heavy atom. The van der Waals surface area contributed by atoms with Gasteiger partial charge in [0.1, 0.15) is 5.60 Å². The zero-order chi connectivity index (χ0) is 16.3. The molecule has 2 rings (SSSR count). The third-order valence-electron chi connectivity index (χ3n) is 3.62. The highest BCUT2D eigenvalue weighted by Crippen LogP contribution is 2.19. The molecule has 1 saturated heterocycles. The second-order valence-electron chi connectivity index (χ2n) is 6.81. The van der Waals surface area contributed by atoms with Gasteiger partial charge in [-0.1, -0.05) is 25.1 Å². The maximum Gasteiger partial charge on any atom is 0.407 e. The monoisotopic (exact) mass is 304 g/mol. The third-order valence-corrected chi connectivity index (χ3v) is 3.62. The summed E-state index contributed by atoms with van der Waals surface area (Å²) in [7, 11) is 0. The number of amides is 2. The minimum Gasteiger partial charge on any atom is -0.444 e. The van der Waals surface area contributed by atoms with E-state index in [2.05, 4.69) is 5.32 Å². The Morgan fingerprint density at radius 3 is 2.41 bits per heavy atom. The van der Waals surface area contributed by atoms with Crippen molar-refractivity contribution < 1.29 is 14.3 Å². The zero-order valence-electron chi connectivity index (χ0n) is 13.6. The van der Waals surface area contributed by atoms with E-state index < -0.39 is 11.7 Å². The smallest absolute Gasteiger partial charge is 0.407 e. The van der Waals surface area contributed by atoms with Crippen LogP contribution in [0.5, 0.6) is 0 Å². The number of nitrogens with one attached hydrogen (secondary N) is 1. The van der Waals surface area contributed by atoms with Crippen LogP contribution >= 0.6 is 0 Å². The molecule has 22 heavy (non-hydrogen) atoms. The average molecular weight is 304 g/mol. The molecule has 120 valence electrons. The summed E-state index contributed by atoms with van der Waals surface area (Å²) < 4.78 is 5.27. The minimum absolute atomic E-state index is 0.000869. The van der Waals surface area contributed by atoms with Crippen LogP contribution in [0.25, 0.3) is 0 Å². The second-order valence-corrected chi connectivity index (χ2v) is 6.81. The molecule has 0 saturated carbocycles. The molecule has 1 aliphatic rings. The van der Waals surface area contributed by atoms with E-state index in [1.807, 2.05) is 58.0 Å². The first kappa shape index (κ1) is 16.3. The summed E-state index contributed by atoms with van der Waals surface area (Å²) in [5, 5.41) is 2.87. The van der Waals surface area contributed by atoms with Gasteiger partial charge in [-0.25, -0.2) is 4.79 Å². The summed E-state index contributed by atoms with van der Waals surface area (Å²) in [5.74, 6) is 0.195. The summed E-state index contributed by atoms with van der Waals surface area (Å²) in [4.78, 5) is 26.1. The Kier molecular flexibility index (Phi) is 4.74. The van der Waals surface area contributed by atoms with E-state index in [-0.39, 0.29) is 17.9 Å². The van der Waals surface area contributed by atoms with Crippen molar-refractivity contribution in [2.24, 2.45) is 5.92 Å². The molecule has 1 heterocycles. The summed E-state index contributed by atoms with van der Waals surface area (Å²) >= 11 is 0. The molecule has 0 aliphatic carbocycles. The molecule has 0 spiro atoms. The van der Waals surface area contributed by atoms with Crippen LogP contribution in [0.1, 0.15) is 38.1 Å². The van der Waals surface area contributed by atoms with Crippen LogP contribution < -0.4 is 5.32 Å². The molecule has 1 N–H and O–H groups in total. The number of hydrogen-bond acceptors (Lipinski definition) is 3. The number of benzene rings is 1. The second kappa shape index (κ2) is 6.38. The zero-order valence-corrected chi connectivity index (χ0v) is 13.6. The summed E-state index contributed by atoms with van der Waals surface area (Å²) in [6, 6.07) is 9.12. The Labute approximate surface area is 131 Å². The van der Waals surface area contributed by atoms with Crippen molar-refractivity contribution in [3.63, 3.8) is 0 Å². The molecule has 0 radical (unpaired) electrons. The normalized spacial score (nSPS) is 21.5. The number of carbonyl (C=O) groups excluding carboxylic acids is 2. The molecular formula is C17H24N2O3. The van der Waals surface area contributed by atoms with E-state index in [0.29, 0.717) is 18.7 Å². The van der Waals surface area contributed by atoms with Crippen molar-refractivity contribution in [3.8, 4) is 0 Å². The van der Waals surface area contributed by atoms with Crippen molar-refractivity contribution in [2.45, 2.75) is 39.3 Å². The standard InChI is InChI=1S/C17H24N2O3/c1-12-10-19(15(20)13-8-6-5-7-9-13)11-14(12)18-16(21)22-17(2,3)4/h5-9,12,14H,10-11H2,1-4H3,(H,18,21)/t12-,14+/m1/s1. The molecule has 1 aliphatic heterocycles. The van der Waals surface area contributed by atoms with Crippen LogP contribution in [0.3, 0.4) is 0 Å². The van der Waals surface area contributed by atoms with Crippen LogP contribution in [0.4, 0.5) is 4.79 Å². The van der Waals surface area contributed by atoms with Gasteiger partial charge in [0.15, 0.2) is 0 Å². The van der Waals surface area contributed by atoms with Crippen molar-refractivity contribution in [2.75, 3.05) is 13.1 Å². The highest BCUT2D eigenvalue weighted by molar-refractivity contribution is 5.94. The van der Waals surface area contributed by atoms with Gasteiger partial charge >= 0.3 is 6.09 Å². The predicted molar refractivity (Wildman–Crippen MR) is 84.7 cm³/mol. The van der Waals surface area contributed by atoms with Crippen molar-refractivity contribution in [3.05, 3.63) is 35.9 Å². The maximum absolute atomic E-state index is 12.4. The largest absolute Gasteiger partial charge is 0.444 e. The summed E-state index contributed by atoms with van der Waals surface area (Å²) in [6.45, 7) is 8.66. The first-order chi connectivity index (χ1) is 10.3. The van der Waals surface area contributed by atoms with Crippen LogP contribution in [-0.2, 0) is 4.74 Å². The lowest BCUT2D eigenvalue weighted by atomic mass is 10.1. The van der Waals surface area contributed by atoms with E-state index in [4.69, 9.17) is 4.74 Å². The lowest BCUT2D eigenvalue weighted by molar-refractivity contribution is 0.0494. The fourth-order valence-corrected chi connectivity index (χ4v) is 2.54. The molecule has 2 amide bonds. The van der Waals surface area contributed by atoms with Gasteiger partial charge in [0.05, 0.1) is 6.04 Å². The van der Waals surface area contributed by atoms with Crippen LogP contribution in [0.15, 0.2) is 30.3 Å². The average Bonchev–Trinajstić information content (AvgIpc) is 2.78. The molecule has 1 aromatic rings. The number of nitrogens with zero attached hydrogens (tertiary/aromatic N) is 1. The van der Waals surface area contributed by atoms with Gasteiger partial charge in [0, 0.05) is 18.7 Å². The van der Waals surface area contributed by atoms with Gasteiger partial charge in [-0.2, -0.15) is 0 Å². The highest BCUT2D eigenvalue weighted by Gasteiger charge is 2.34. The molecule has 0 aromatic heterocycles. The minimum atomic E-state index is -0.522. The number of ether oxygens (including phenoxy) is 1. The Hall–Kier alpha value is -2.04. The highest BCUT2D eigenvalue weighted by atomic mass is 16.6. The van der Waals surface area contributed by atoms with Gasteiger partial charge in [-0.3, -0.25) is 4.79 Å². The fraction of sp³-hybridized carbons (Fsp3) is 0.529. The lowest BCUT2D eigenvalue weighted by Crippen LogP contribution is -2.43. The van der Waals surface area contributed by atoms with E-state index in [0.717, 1.165) is 0 Å². The number of hydrogen-bond donors (Lipinski definition) is 1. The number of alkyl carbamates (subject to hydrolysis) is 1. The van der Waals surface area contributed by atoms with Crippen LogP contribution in [0, 0.1) is 5.92 Å². The van der Waals surface area contributed by atoms with Gasteiger partial charge < -0.3 is 15.0 Å². The van der Waals surface area contributed by atoms with E-state index in [9.17, 15) is 9.59 Å². The van der Waals surface area contributed by atoms with E-state index in [1.165, 1.54) is 0 Å². The number of likely N-dealkylation sites (tertiary alicyclic amines) is 1. The molecule has 5 nitrogen and oxygen atoms in total. The van der Waals surface area contributed by atoms with Gasteiger partial charge in [-0.05, 0) is 38.8 Å². The van der Waals surface area contributed by atoms with Crippen molar-refractivity contribution >= 4 is 12.0 Å². The first-order valence-electron chi connectivity index (χ1n) is 7.60. The molecule has 2 atom stereocenters. The molecule has 1 fully saturated rings. The molecule has 5 heteroatoms. The van der Waals surface area contributed by atoms with Crippen LogP contribution in [0.2, 0.25) is 0 Å². The molecule has 1 aromatic carbocycles. The van der Waals surface area contributed by atoms with Crippen LogP contribution in [-0.4, -0.2) is 41.6 Å². The molecule has 0 unspecified atom stereocenters. The fourth-order valence-electron chi connectivity index (χ4n) is 2.54. The third kappa shape index (κ3) is 4.23. The van der Waals surface area contributed by atoms with Gasteiger partial charge in [0.2, 0.25) is 0 Å². The lowest BCUT2D eigenvalue weighted by Gasteiger charge is -2.23. The Bertz CT molecular complexity index is 537. The van der Waals surface area contributed by atoms with E-state index >= 15 is 0 Å². The Morgan fingerprint density at radius 2 is 1.82 bits per heavy atom.